The van der Waals surface area contributed by atoms with Gasteiger partial charge in [0.15, 0.2) is 6.04 Å². The maximum atomic E-state index is 12.1. The van der Waals surface area contributed by atoms with E-state index in [0.29, 0.717) is 13.0 Å². The third-order valence-corrected chi connectivity index (χ3v) is 4.17. The Labute approximate surface area is 111 Å². The summed E-state index contributed by atoms with van der Waals surface area (Å²) in [5.74, 6) is -0.316. The van der Waals surface area contributed by atoms with Gasteiger partial charge in [-0.25, -0.2) is 4.79 Å². The summed E-state index contributed by atoms with van der Waals surface area (Å²) in [6.07, 6.45) is 2.10. The first-order valence-corrected chi connectivity index (χ1v) is 7.00. The third kappa shape index (κ3) is 2.27. The minimum Gasteiger partial charge on any atom is -0.467 e. The van der Waals surface area contributed by atoms with Crippen molar-refractivity contribution in [2.45, 2.75) is 32.2 Å². The summed E-state index contributed by atoms with van der Waals surface area (Å²) in [6.45, 7) is 2.57. The van der Waals surface area contributed by atoms with Crippen molar-refractivity contribution in [3.05, 3.63) is 21.9 Å². The van der Waals surface area contributed by atoms with Gasteiger partial charge in [-0.2, -0.15) is 0 Å². The molecule has 0 radical (unpaired) electrons. The fourth-order valence-corrected chi connectivity index (χ4v) is 3.21. The molecule has 1 amide bonds. The summed E-state index contributed by atoms with van der Waals surface area (Å²) in [6, 6.07) is 1.37. The number of carbonyl (C=O) groups is 2. The van der Waals surface area contributed by atoms with Crippen LogP contribution in [-0.2, 0) is 20.7 Å². The van der Waals surface area contributed by atoms with Crippen LogP contribution in [0.25, 0.3) is 0 Å². The van der Waals surface area contributed by atoms with E-state index in [0.717, 1.165) is 18.4 Å². The molecule has 0 unspecified atom stereocenters. The molecule has 2 heterocycles. The Hall–Kier alpha value is -1.36. The van der Waals surface area contributed by atoms with Crippen molar-refractivity contribution in [1.82, 2.24) is 4.90 Å². The topological polar surface area (TPSA) is 46.6 Å². The summed E-state index contributed by atoms with van der Waals surface area (Å²) in [5.41, 5.74) is 0.933. The minimum absolute atomic E-state index is 0.0322. The van der Waals surface area contributed by atoms with Gasteiger partial charge in [-0.05, 0) is 29.9 Å². The molecule has 0 bridgehead atoms. The lowest BCUT2D eigenvalue weighted by Crippen LogP contribution is -2.43. The van der Waals surface area contributed by atoms with Crippen molar-refractivity contribution in [1.29, 1.82) is 0 Å². The largest absolute Gasteiger partial charge is 0.467 e. The van der Waals surface area contributed by atoms with E-state index >= 15 is 0 Å². The number of hydrogen-bond acceptors (Lipinski definition) is 4. The van der Waals surface area contributed by atoms with E-state index in [1.807, 2.05) is 18.4 Å². The van der Waals surface area contributed by atoms with Crippen molar-refractivity contribution in [2.75, 3.05) is 13.7 Å². The first kappa shape index (κ1) is 13.1. The van der Waals surface area contributed by atoms with Crippen LogP contribution in [0.2, 0.25) is 0 Å². The molecule has 1 aromatic heterocycles. The molecular weight excluding hydrogens is 250 g/mol. The second-order valence-electron chi connectivity index (χ2n) is 4.31. The van der Waals surface area contributed by atoms with Gasteiger partial charge in [0.05, 0.1) is 7.11 Å². The monoisotopic (exact) mass is 267 g/mol. The molecule has 1 aliphatic heterocycles. The molecule has 0 aliphatic carbocycles. The number of rotatable bonds is 3. The first-order chi connectivity index (χ1) is 8.69. The van der Waals surface area contributed by atoms with Gasteiger partial charge in [0.1, 0.15) is 0 Å². The number of esters is 1. The van der Waals surface area contributed by atoms with Crippen LogP contribution in [-0.4, -0.2) is 30.4 Å². The Morgan fingerprint density at radius 2 is 2.33 bits per heavy atom. The zero-order chi connectivity index (χ0) is 13.1. The van der Waals surface area contributed by atoms with Gasteiger partial charge in [0, 0.05) is 17.8 Å². The highest BCUT2D eigenvalue weighted by molar-refractivity contribution is 7.10. The predicted molar refractivity (Wildman–Crippen MR) is 69.4 cm³/mol. The molecule has 0 spiro atoms. The molecule has 5 heteroatoms. The zero-order valence-electron chi connectivity index (χ0n) is 10.6. The second-order valence-corrected chi connectivity index (χ2v) is 5.31. The molecule has 98 valence electrons. The van der Waals surface area contributed by atoms with E-state index in [1.54, 1.807) is 16.2 Å². The summed E-state index contributed by atoms with van der Waals surface area (Å²) >= 11 is 1.64. The lowest BCUT2D eigenvalue weighted by molar-refractivity contribution is -0.153. The smallest absolute Gasteiger partial charge is 0.333 e. The summed E-state index contributed by atoms with van der Waals surface area (Å²) in [5, 5.41) is 1.97. The van der Waals surface area contributed by atoms with E-state index < -0.39 is 6.04 Å². The van der Waals surface area contributed by atoms with E-state index in [-0.39, 0.29) is 11.9 Å². The molecular formula is C13H17NO3S. The van der Waals surface area contributed by atoms with Gasteiger partial charge in [0.2, 0.25) is 5.91 Å². The summed E-state index contributed by atoms with van der Waals surface area (Å²) in [4.78, 5) is 26.9. The Morgan fingerprint density at radius 3 is 3.00 bits per heavy atom. The second kappa shape index (κ2) is 5.52. The van der Waals surface area contributed by atoms with E-state index in [9.17, 15) is 9.59 Å². The molecule has 2 rings (SSSR count). The molecule has 0 aromatic carbocycles. The van der Waals surface area contributed by atoms with Gasteiger partial charge in [0.25, 0.3) is 0 Å². The zero-order valence-corrected chi connectivity index (χ0v) is 11.5. The molecule has 1 atom stereocenters. The number of methoxy groups -OCH3 is 1. The van der Waals surface area contributed by atoms with Gasteiger partial charge < -0.3 is 9.64 Å². The van der Waals surface area contributed by atoms with Crippen LogP contribution >= 0.6 is 11.3 Å². The van der Waals surface area contributed by atoms with Crippen molar-refractivity contribution >= 4 is 23.2 Å². The van der Waals surface area contributed by atoms with E-state index in [1.165, 1.54) is 12.0 Å². The fourth-order valence-electron chi connectivity index (χ4n) is 2.31. The van der Waals surface area contributed by atoms with Crippen molar-refractivity contribution in [3.63, 3.8) is 0 Å². The lowest BCUT2D eigenvalue weighted by Gasteiger charge is -2.34. The molecule has 1 aromatic rings. The van der Waals surface area contributed by atoms with Crippen molar-refractivity contribution in [3.8, 4) is 0 Å². The van der Waals surface area contributed by atoms with Crippen LogP contribution in [0, 0.1) is 0 Å². The Bertz CT molecular complexity index is 455. The quantitative estimate of drug-likeness (QED) is 0.788. The molecule has 0 fully saturated rings. The van der Waals surface area contributed by atoms with Crippen molar-refractivity contribution in [2.24, 2.45) is 0 Å². The molecule has 0 N–H and O–H groups in total. The normalized spacial score (nSPS) is 18.3. The van der Waals surface area contributed by atoms with E-state index in [4.69, 9.17) is 4.74 Å². The molecule has 4 nitrogen and oxygen atoms in total. The number of amides is 1. The number of nitrogens with zero attached hydrogens (tertiary/aromatic N) is 1. The molecule has 0 saturated heterocycles. The molecule has 18 heavy (non-hydrogen) atoms. The Kier molecular flexibility index (Phi) is 4.01. The Balaban J connectivity index is 2.31. The number of thiophene rings is 1. The highest BCUT2D eigenvalue weighted by Gasteiger charge is 2.36. The maximum Gasteiger partial charge on any atom is 0.333 e. The van der Waals surface area contributed by atoms with E-state index in [2.05, 4.69) is 0 Å². The van der Waals surface area contributed by atoms with Crippen LogP contribution in [0.15, 0.2) is 11.4 Å². The number of fused-ring (bicyclic) bond motifs is 1. The molecule has 0 saturated carbocycles. The summed E-state index contributed by atoms with van der Waals surface area (Å²) < 4.78 is 4.85. The summed E-state index contributed by atoms with van der Waals surface area (Å²) in [7, 11) is 1.37. The standard InChI is InChI=1S/C13H17NO3S/c1-3-4-11(15)14-7-5-10-9(6-8-18-10)12(14)13(16)17-2/h6,8,12H,3-5,7H2,1-2H3/t12-/m0/s1. The highest BCUT2D eigenvalue weighted by atomic mass is 32.1. The van der Waals surface area contributed by atoms with Gasteiger partial charge >= 0.3 is 5.97 Å². The highest BCUT2D eigenvalue weighted by Crippen LogP contribution is 2.34. The maximum absolute atomic E-state index is 12.1. The van der Waals surface area contributed by atoms with Crippen LogP contribution < -0.4 is 0 Å². The fraction of sp³-hybridized carbons (Fsp3) is 0.538. The average Bonchev–Trinajstić information content (AvgIpc) is 2.85. The minimum atomic E-state index is -0.552. The molecule has 1 aliphatic rings. The predicted octanol–water partition coefficient (Wildman–Crippen LogP) is 2.15. The first-order valence-electron chi connectivity index (χ1n) is 6.12. The average molecular weight is 267 g/mol. The number of ether oxygens (including phenoxy) is 1. The Morgan fingerprint density at radius 1 is 1.56 bits per heavy atom. The third-order valence-electron chi connectivity index (χ3n) is 3.17. The number of carbonyl (C=O) groups excluding carboxylic acids is 2. The van der Waals surface area contributed by atoms with Gasteiger partial charge in [-0.3, -0.25) is 4.79 Å². The van der Waals surface area contributed by atoms with Gasteiger partial charge in [-0.1, -0.05) is 6.92 Å². The lowest BCUT2D eigenvalue weighted by atomic mass is 9.99. The van der Waals surface area contributed by atoms with Gasteiger partial charge in [-0.15, -0.1) is 11.3 Å². The SMILES string of the molecule is CCCC(=O)N1CCc2sccc2[C@H]1C(=O)OC. The van der Waals surface area contributed by atoms with Crippen LogP contribution in [0.3, 0.4) is 0 Å². The van der Waals surface area contributed by atoms with Crippen molar-refractivity contribution < 1.29 is 14.3 Å². The van der Waals surface area contributed by atoms with Crippen LogP contribution in [0.5, 0.6) is 0 Å². The van der Waals surface area contributed by atoms with Crippen LogP contribution in [0.4, 0.5) is 0 Å². The number of hydrogen-bond donors (Lipinski definition) is 0. The van der Waals surface area contributed by atoms with Crippen LogP contribution in [0.1, 0.15) is 36.2 Å².